The number of imide groups is 1. The van der Waals surface area contributed by atoms with Gasteiger partial charge >= 0.3 is 0 Å². The maximum absolute atomic E-state index is 13.3. The van der Waals surface area contributed by atoms with Crippen LogP contribution in [0.5, 0.6) is 5.75 Å². The molecule has 1 aliphatic rings. The standard InChI is InChI=1S/C24H16ClFN2O5S/c25-21-12-18(26)7-6-17(21)13-27-23(29)22(34-24(27)30)11-16-2-1-3-20(10-16)33-14-15-4-8-19(9-5-15)28(31)32/h1-12H,13-14H2/b22-11+. The third-order valence-corrected chi connectivity index (χ3v) is 6.18. The molecule has 0 bridgehead atoms. The number of thioether (sulfide) groups is 1. The minimum atomic E-state index is -0.501. The Balaban J connectivity index is 1.44. The smallest absolute Gasteiger partial charge is 0.293 e. The SMILES string of the molecule is O=C1S/C(=C/c2cccc(OCc3ccc([N+](=O)[O-])cc3)c2)C(=O)N1Cc1ccc(F)cc1Cl. The van der Waals surface area contributed by atoms with Gasteiger partial charge in [-0.1, -0.05) is 29.8 Å². The highest BCUT2D eigenvalue weighted by Gasteiger charge is 2.35. The Bertz CT molecular complexity index is 1310. The molecule has 3 aromatic carbocycles. The molecular formula is C24H16ClFN2O5S. The number of rotatable bonds is 7. The van der Waals surface area contributed by atoms with E-state index in [4.69, 9.17) is 16.3 Å². The Hall–Kier alpha value is -3.69. The third-order valence-electron chi connectivity index (χ3n) is 4.93. The van der Waals surface area contributed by atoms with Gasteiger partial charge < -0.3 is 4.74 Å². The predicted octanol–water partition coefficient (Wildman–Crippen LogP) is 6.20. The van der Waals surface area contributed by atoms with E-state index in [0.717, 1.165) is 28.3 Å². The molecule has 0 spiro atoms. The Kier molecular flexibility index (Phi) is 6.95. The number of nitro benzene ring substituents is 1. The van der Waals surface area contributed by atoms with E-state index >= 15 is 0 Å². The lowest BCUT2D eigenvalue weighted by molar-refractivity contribution is -0.384. The van der Waals surface area contributed by atoms with Crippen LogP contribution in [0.3, 0.4) is 0 Å². The highest BCUT2D eigenvalue weighted by molar-refractivity contribution is 8.18. The molecule has 7 nitrogen and oxygen atoms in total. The van der Waals surface area contributed by atoms with Gasteiger partial charge in [0.05, 0.1) is 16.4 Å². The van der Waals surface area contributed by atoms with Gasteiger partial charge in [-0.2, -0.15) is 0 Å². The zero-order valence-electron chi connectivity index (χ0n) is 17.4. The van der Waals surface area contributed by atoms with Crippen molar-refractivity contribution in [1.82, 2.24) is 4.90 Å². The van der Waals surface area contributed by atoms with Crippen LogP contribution in [0.15, 0.2) is 71.6 Å². The lowest BCUT2D eigenvalue weighted by atomic mass is 10.2. The largest absolute Gasteiger partial charge is 0.489 e. The van der Waals surface area contributed by atoms with E-state index < -0.39 is 21.9 Å². The fourth-order valence-electron chi connectivity index (χ4n) is 3.18. The number of hydrogen-bond acceptors (Lipinski definition) is 6. The molecule has 0 aromatic heterocycles. The molecular weight excluding hydrogens is 483 g/mol. The first kappa shape index (κ1) is 23.5. The minimum absolute atomic E-state index is 0.00129. The van der Waals surface area contributed by atoms with Gasteiger partial charge in [-0.25, -0.2) is 4.39 Å². The van der Waals surface area contributed by atoms with Gasteiger partial charge in [-0.05, 0) is 70.9 Å². The second-order valence-electron chi connectivity index (χ2n) is 7.29. The van der Waals surface area contributed by atoms with Crippen LogP contribution in [-0.4, -0.2) is 21.0 Å². The first-order chi connectivity index (χ1) is 16.3. The number of nitrogens with zero attached hydrogens (tertiary/aromatic N) is 2. The van der Waals surface area contributed by atoms with Crippen LogP contribution in [0, 0.1) is 15.9 Å². The fourth-order valence-corrected chi connectivity index (χ4v) is 4.25. The van der Waals surface area contributed by atoms with Crippen LogP contribution < -0.4 is 4.74 Å². The van der Waals surface area contributed by atoms with Crippen molar-refractivity contribution in [2.75, 3.05) is 0 Å². The molecule has 34 heavy (non-hydrogen) atoms. The zero-order chi connectivity index (χ0) is 24.2. The van der Waals surface area contributed by atoms with Crippen molar-refractivity contribution in [1.29, 1.82) is 0 Å². The second kappa shape index (κ2) is 10.1. The van der Waals surface area contributed by atoms with Crippen LogP contribution >= 0.6 is 23.4 Å². The lowest BCUT2D eigenvalue weighted by Crippen LogP contribution is -2.27. The monoisotopic (exact) mass is 498 g/mol. The van der Waals surface area contributed by atoms with Crippen LogP contribution in [0.4, 0.5) is 14.9 Å². The van der Waals surface area contributed by atoms with E-state index in [0.29, 0.717) is 16.9 Å². The van der Waals surface area contributed by atoms with Crippen LogP contribution in [0.25, 0.3) is 6.08 Å². The zero-order valence-corrected chi connectivity index (χ0v) is 19.0. The van der Waals surface area contributed by atoms with Crippen molar-refractivity contribution >= 4 is 46.3 Å². The first-order valence-corrected chi connectivity index (χ1v) is 11.1. The lowest BCUT2D eigenvalue weighted by Gasteiger charge is -2.13. The fraction of sp³-hybridized carbons (Fsp3) is 0.0833. The highest BCUT2D eigenvalue weighted by atomic mass is 35.5. The number of carbonyl (C=O) groups excluding carboxylic acids is 2. The summed E-state index contributed by atoms with van der Waals surface area (Å²) in [6.45, 7) is 0.149. The van der Waals surface area contributed by atoms with Crippen molar-refractivity contribution < 1.29 is 23.6 Å². The summed E-state index contributed by atoms with van der Waals surface area (Å²) in [5.74, 6) is -0.435. The van der Waals surface area contributed by atoms with Gasteiger partial charge in [0, 0.05) is 17.2 Å². The molecule has 1 heterocycles. The number of hydrogen-bond donors (Lipinski definition) is 0. The normalized spacial score (nSPS) is 14.6. The molecule has 1 aliphatic heterocycles. The van der Waals surface area contributed by atoms with Crippen molar-refractivity contribution in [3.8, 4) is 5.75 Å². The second-order valence-corrected chi connectivity index (χ2v) is 8.69. The summed E-state index contributed by atoms with van der Waals surface area (Å²) < 4.78 is 19.0. The molecule has 0 atom stereocenters. The molecule has 3 aromatic rings. The van der Waals surface area contributed by atoms with E-state index in [-0.39, 0.29) is 28.8 Å². The first-order valence-electron chi connectivity index (χ1n) is 9.95. The average Bonchev–Trinajstić information content (AvgIpc) is 3.07. The van der Waals surface area contributed by atoms with Gasteiger partial charge in [-0.15, -0.1) is 0 Å². The quantitative estimate of drug-likeness (QED) is 0.219. The predicted molar refractivity (Wildman–Crippen MR) is 127 cm³/mol. The van der Waals surface area contributed by atoms with Gasteiger partial charge in [0.1, 0.15) is 18.2 Å². The molecule has 172 valence electrons. The van der Waals surface area contributed by atoms with Crippen molar-refractivity contribution in [3.05, 3.63) is 109 Å². The molecule has 10 heteroatoms. The summed E-state index contributed by atoms with van der Waals surface area (Å²) in [5, 5.41) is 10.5. The highest BCUT2D eigenvalue weighted by Crippen LogP contribution is 2.34. The van der Waals surface area contributed by atoms with Crippen molar-refractivity contribution in [2.24, 2.45) is 0 Å². The van der Waals surface area contributed by atoms with Gasteiger partial charge in [0.25, 0.3) is 16.8 Å². The number of amides is 2. The summed E-state index contributed by atoms with van der Waals surface area (Å²) >= 11 is 6.84. The van der Waals surface area contributed by atoms with Crippen LogP contribution in [-0.2, 0) is 17.9 Å². The van der Waals surface area contributed by atoms with Crippen LogP contribution in [0.2, 0.25) is 5.02 Å². The molecule has 2 amide bonds. The topological polar surface area (TPSA) is 89.7 Å². The van der Waals surface area contributed by atoms with Gasteiger partial charge in [0.2, 0.25) is 0 Å². The summed E-state index contributed by atoms with van der Waals surface area (Å²) in [4.78, 5) is 36.8. The number of halogens is 2. The molecule has 1 saturated heterocycles. The molecule has 4 rings (SSSR count). The van der Waals surface area contributed by atoms with Gasteiger partial charge in [-0.3, -0.25) is 24.6 Å². The molecule has 0 N–H and O–H groups in total. The Morgan fingerprint density at radius 2 is 1.85 bits per heavy atom. The number of carbonyl (C=O) groups is 2. The number of nitro groups is 1. The van der Waals surface area contributed by atoms with Crippen molar-refractivity contribution in [3.63, 3.8) is 0 Å². The maximum Gasteiger partial charge on any atom is 0.293 e. The number of ether oxygens (including phenoxy) is 1. The molecule has 0 aliphatic carbocycles. The minimum Gasteiger partial charge on any atom is -0.489 e. The molecule has 0 saturated carbocycles. The number of non-ortho nitro benzene ring substituents is 1. The Morgan fingerprint density at radius 1 is 1.09 bits per heavy atom. The summed E-state index contributed by atoms with van der Waals surface area (Å²) in [5.41, 5.74) is 1.89. The van der Waals surface area contributed by atoms with Gasteiger partial charge in [0.15, 0.2) is 0 Å². The Labute approximate surface area is 202 Å². The Morgan fingerprint density at radius 3 is 2.56 bits per heavy atom. The summed E-state index contributed by atoms with van der Waals surface area (Å²) in [6, 6.07) is 16.8. The van der Waals surface area contributed by atoms with E-state index in [9.17, 15) is 24.1 Å². The van der Waals surface area contributed by atoms with E-state index in [1.807, 2.05) is 0 Å². The summed E-state index contributed by atoms with van der Waals surface area (Å²) in [6.07, 6.45) is 1.59. The number of benzene rings is 3. The molecule has 0 unspecified atom stereocenters. The third kappa shape index (κ3) is 5.44. The maximum atomic E-state index is 13.3. The summed E-state index contributed by atoms with van der Waals surface area (Å²) in [7, 11) is 0. The molecule has 0 radical (unpaired) electrons. The van der Waals surface area contributed by atoms with E-state index in [1.165, 1.54) is 24.3 Å². The average molecular weight is 499 g/mol. The van der Waals surface area contributed by atoms with E-state index in [2.05, 4.69) is 0 Å². The molecule has 1 fully saturated rings. The van der Waals surface area contributed by atoms with E-state index in [1.54, 1.807) is 42.5 Å². The van der Waals surface area contributed by atoms with Crippen molar-refractivity contribution in [2.45, 2.75) is 13.2 Å². The van der Waals surface area contributed by atoms with Crippen LogP contribution in [0.1, 0.15) is 16.7 Å².